The van der Waals surface area contributed by atoms with Crippen LogP contribution in [0, 0.1) is 6.92 Å². The second-order valence-corrected chi connectivity index (χ2v) is 7.35. The van der Waals surface area contributed by atoms with Gasteiger partial charge in [0.25, 0.3) is 0 Å². The van der Waals surface area contributed by atoms with Crippen molar-refractivity contribution >= 4 is 33.2 Å². The molecule has 20 heavy (non-hydrogen) atoms. The molecule has 0 aromatic heterocycles. The lowest BCUT2D eigenvalue weighted by atomic mass is 10.1. The Morgan fingerprint density at radius 2 is 2.15 bits per heavy atom. The molecule has 1 unspecified atom stereocenters. The van der Waals surface area contributed by atoms with E-state index in [1.807, 2.05) is 6.92 Å². The average Bonchev–Trinajstić information content (AvgIpc) is 2.81. The summed E-state index contributed by atoms with van der Waals surface area (Å²) in [6.45, 7) is 2.24. The summed E-state index contributed by atoms with van der Waals surface area (Å²) < 4.78 is 24.5. The Balaban J connectivity index is 2.16. The van der Waals surface area contributed by atoms with Crippen LogP contribution >= 0.6 is 11.6 Å². The van der Waals surface area contributed by atoms with Gasteiger partial charge in [-0.05, 0) is 43.5 Å². The molecule has 1 aliphatic rings. The van der Waals surface area contributed by atoms with E-state index in [1.165, 1.54) is 4.31 Å². The van der Waals surface area contributed by atoms with Crippen LogP contribution < -0.4 is 5.32 Å². The fraction of sp³-hybridized carbons (Fsp3) is 0.462. The molecular formula is C13H17ClN2O3S. The molecule has 1 amide bonds. The van der Waals surface area contributed by atoms with Gasteiger partial charge in [0, 0.05) is 17.3 Å². The third-order valence-corrected chi connectivity index (χ3v) is 4.90. The highest BCUT2D eigenvalue weighted by atomic mass is 35.5. The lowest BCUT2D eigenvalue weighted by Gasteiger charge is -2.21. The predicted molar refractivity (Wildman–Crippen MR) is 79.4 cm³/mol. The fourth-order valence-corrected chi connectivity index (χ4v) is 3.73. The third kappa shape index (κ3) is 3.31. The minimum Gasteiger partial charge on any atom is -0.324 e. The van der Waals surface area contributed by atoms with Crippen LogP contribution in [0.25, 0.3) is 0 Å². The Labute approximate surface area is 124 Å². The van der Waals surface area contributed by atoms with Crippen molar-refractivity contribution in [2.75, 3.05) is 18.1 Å². The number of amides is 1. The highest BCUT2D eigenvalue weighted by Crippen LogP contribution is 2.24. The molecule has 0 radical (unpaired) electrons. The van der Waals surface area contributed by atoms with Crippen molar-refractivity contribution in [1.82, 2.24) is 4.31 Å². The summed E-state index contributed by atoms with van der Waals surface area (Å²) in [7, 11) is -3.35. The molecule has 2 rings (SSSR count). The average molecular weight is 317 g/mol. The summed E-state index contributed by atoms with van der Waals surface area (Å²) in [5.41, 5.74) is 1.49. The molecule has 1 aliphatic heterocycles. The second kappa shape index (κ2) is 5.71. The van der Waals surface area contributed by atoms with Gasteiger partial charge in [-0.15, -0.1) is 0 Å². The SMILES string of the molecule is Cc1cc(Cl)ccc1NC(=O)C1CCCN1S(C)(=O)=O. The monoisotopic (exact) mass is 316 g/mol. The molecular weight excluding hydrogens is 300 g/mol. The van der Waals surface area contributed by atoms with Crippen LogP contribution in [0.1, 0.15) is 18.4 Å². The molecule has 1 aromatic carbocycles. The Kier molecular flexibility index (Phi) is 4.36. The van der Waals surface area contributed by atoms with Crippen molar-refractivity contribution in [1.29, 1.82) is 0 Å². The maximum absolute atomic E-state index is 12.3. The van der Waals surface area contributed by atoms with Crippen molar-refractivity contribution in [3.05, 3.63) is 28.8 Å². The van der Waals surface area contributed by atoms with E-state index in [2.05, 4.69) is 5.32 Å². The number of aryl methyl sites for hydroxylation is 1. The van der Waals surface area contributed by atoms with Crippen molar-refractivity contribution in [2.24, 2.45) is 0 Å². The molecule has 1 fully saturated rings. The lowest BCUT2D eigenvalue weighted by Crippen LogP contribution is -2.42. The normalized spacial score (nSPS) is 20.1. The van der Waals surface area contributed by atoms with Gasteiger partial charge in [0.1, 0.15) is 6.04 Å². The minimum atomic E-state index is -3.35. The Hall–Kier alpha value is -1.11. The van der Waals surface area contributed by atoms with Crippen LogP contribution in [-0.2, 0) is 14.8 Å². The van der Waals surface area contributed by atoms with E-state index in [9.17, 15) is 13.2 Å². The molecule has 1 atom stereocenters. The number of anilines is 1. The number of hydrogen-bond donors (Lipinski definition) is 1. The Morgan fingerprint density at radius 1 is 1.45 bits per heavy atom. The largest absolute Gasteiger partial charge is 0.324 e. The van der Waals surface area contributed by atoms with Crippen LogP contribution in [0.15, 0.2) is 18.2 Å². The summed E-state index contributed by atoms with van der Waals surface area (Å²) in [5, 5.41) is 3.37. The van der Waals surface area contributed by atoms with E-state index >= 15 is 0 Å². The number of nitrogens with zero attached hydrogens (tertiary/aromatic N) is 1. The predicted octanol–water partition coefficient (Wildman–Crippen LogP) is 2.01. The van der Waals surface area contributed by atoms with Crippen molar-refractivity contribution < 1.29 is 13.2 Å². The zero-order valence-corrected chi connectivity index (χ0v) is 13.0. The zero-order chi connectivity index (χ0) is 14.9. The van der Waals surface area contributed by atoms with Gasteiger partial charge in [0.05, 0.1) is 6.26 Å². The number of hydrogen-bond acceptors (Lipinski definition) is 3. The maximum atomic E-state index is 12.3. The molecule has 0 spiro atoms. The number of carbonyl (C=O) groups excluding carboxylic acids is 1. The topological polar surface area (TPSA) is 66.5 Å². The number of sulfonamides is 1. The summed E-state index contributed by atoms with van der Waals surface area (Å²) >= 11 is 5.86. The van der Waals surface area contributed by atoms with Crippen LogP contribution in [-0.4, -0.2) is 37.5 Å². The van der Waals surface area contributed by atoms with Crippen LogP contribution in [0.5, 0.6) is 0 Å². The van der Waals surface area contributed by atoms with Gasteiger partial charge in [-0.3, -0.25) is 4.79 Å². The first-order valence-electron chi connectivity index (χ1n) is 6.33. The van der Waals surface area contributed by atoms with E-state index < -0.39 is 16.1 Å². The molecule has 0 bridgehead atoms. The first kappa shape index (κ1) is 15.3. The Morgan fingerprint density at radius 3 is 2.75 bits per heavy atom. The molecule has 110 valence electrons. The van der Waals surface area contributed by atoms with Crippen LogP contribution in [0.4, 0.5) is 5.69 Å². The number of carbonyl (C=O) groups is 1. The summed E-state index contributed by atoms with van der Waals surface area (Å²) in [6, 6.07) is 4.53. The standard InChI is InChI=1S/C13H17ClN2O3S/c1-9-8-10(14)5-6-11(9)15-13(17)12-4-3-7-16(12)20(2,18)19/h5-6,8,12H,3-4,7H2,1-2H3,(H,15,17). The van der Waals surface area contributed by atoms with Gasteiger partial charge >= 0.3 is 0 Å². The van der Waals surface area contributed by atoms with Crippen molar-refractivity contribution in [3.63, 3.8) is 0 Å². The molecule has 0 aliphatic carbocycles. The highest BCUT2D eigenvalue weighted by Gasteiger charge is 2.36. The molecule has 1 heterocycles. The van der Waals surface area contributed by atoms with Gasteiger partial charge in [-0.1, -0.05) is 11.6 Å². The molecule has 1 aromatic rings. The van der Waals surface area contributed by atoms with Gasteiger partial charge in [-0.25, -0.2) is 8.42 Å². The number of benzene rings is 1. The molecule has 1 saturated heterocycles. The summed E-state index contributed by atoms with van der Waals surface area (Å²) in [4.78, 5) is 12.3. The lowest BCUT2D eigenvalue weighted by molar-refractivity contribution is -0.119. The maximum Gasteiger partial charge on any atom is 0.242 e. The van der Waals surface area contributed by atoms with Crippen molar-refractivity contribution in [3.8, 4) is 0 Å². The third-order valence-electron chi connectivity index (χ3n) is 3.38. The number of halogens is 1. The van der Waals surface area contributed by atoms with E-state index in [0.29, 0.717) is 30.1 Å². The van der Waals surface area contributed by atoms with E-state index in [0.717, 1.165) is 11.8 Å². The zero-order valence-electron chi connectivity index (χ0n) is 11.4. The fourth-order valence-electron chi connectivity index (χ4n) is 2.38. The molecule has 7 heteroatoms. The minimum absolute atomic E-state index is 0.293. The Bertz CT molecular complexity index is 631. The highest BCUT2D eigenvalue weighted by molar-refractivity contribution is 7.88. The van der Waals surface area contributed by atoms with Gasteiger partial charge < -0.3 is 5.32 Å². The quantitative estimate of drug-likeness (QED) is 0.927. The summed E-state index contributed by atoms with van der Waals surface area (Å²) in [6.07, 6.45) is 2.38. The molecule has 5 nitrogen and oxygen atoms in total. The van der Waals surface area contributed by atoms with Gasteiger partial charge in [0.2, 0.25) is 15.9 Å². The summed E-state index contributed by atoms with van der Waals surface area (Å²) in [5.74, 6) is -0.293. The first-order chi connectivity index (χ1) is 9.29. The van der Waals surface area contributed by atoms with Crippen LogP contribution in [0.2, 0.25) is 5.02 Å². The van der Waals surface area contributed by atoms with Crippen LogP contribution in [0.3, 0.4) is 0 Å². The van der Waals surface area contributed by atoms with Gasteiger partial charge in [-0.2, -0.15) is 4.31 Å². The number of rotatable bonds is 3. The van der Waals surface area contributed by atoms with E-state index in [1.54, 1.807) is 18.2 Å². The smallest absolute Gasteiger partial charge is 0.242 e. The van der Waals surface area contributed by atoms with Crippen molar-refractivity contribution in [2.45, 2.75) is 25.8 Å². The first-order valence-corrected chi connectivity index (χ1v) is 8.55. The van der Waals surface area contributed by atoms with E-state index in [-0.39, 0.29) is 5.91 Å². The van der Waals surface area contributed by atoms with E-state index in [4.69, 9.17) is 11.6 Å². The molecule has 1 N–H and O–H groups in total. The molecule has 0 saturated carbocycles. The van der Waals surface area contributed by atoms with Gasteiger partial charge in [0.15, 0.2) is 0 Å². The second-order valence-electron chi connectivity index (χ2n) is 4.98. The number of nitrogens with one attached hydrogen (secondary N) is 1.